The molecule has 0 spiro atoms. The Bertz CT molecular complexity index is 714. The molecule has 1 atom stereocenters. The van der Waals surface area contributed by atoms with Gasteiger partial charge in [-0.1, -0.05) is 29.3 Å². The smallest absolute Gasteiger partial charge is 0.124 e. The minimum absolute atomic E-state index is 0.249. The van der Waals surface area contributed by atoms with Crippen LogP contribution in [0.3, 0.4) is 0 Å². The van der Waals surface area contributed by atoms with E-state index in [4.69, 9.17) is 5.26 Å². The number of rotatable bonds is 4. The topological polar surface area (TPSA) is 40.9 Å². The lowest BCUT2D eigenvalue weighted by Crippen LogP contribution is -2.01. The van der Waals surface area contributed by atoms with E-state index in [0.29, 0.717) is 11.3 Å². The SMILES string of the molecule is Cc1cc(C)cc(CS(=O)Cc2cc(F)cc(C#N)c2)c1. The first kappa shape index (κ1) is 15.4. The van der Waals surface area contributed by atoms with Gasteiger partial charge >= 0.3 is 0 Å². The minimum atomic E-state index is -1.13. The second-order valence-electron chi connectivity index (χ2n) is 5.18. The lowest BCUT2D eigenvalue weighted by Gasteiger charge is -2.06. The lowest BCUT2D eigenvalue weighted by molar-refractivity contribution is 0.625. The van der Waals surface area contributed by atoms with E-state index in [1.807, 2.05) is 32.0 Å². The van der Waals surface area contributed by atoms with Crippen LogP contribution in [0, 0.1) is 31.0 Å². The molecule has 1 unspecified atom stereocenters. The van der Waals surface area contributed by atoms with Gasteiger partial charge in [-0.2, -0.15) is 5.26 Å². The van der Waals surface area contributed by atoms with Gasteiger partial charge in [0.05, 0.1) is 11.6 Å². The molecule has 0 aliphatic rings. The van der Waals surface area contributed by atoms with Gasteiger partial charge in [-0.05, 0) is 43.2 Å². The molecule has 108 valence electrons. The maximum absolute atomic E-state index is 13.3. The first-order chi connectivity index (χ1) is 9.96. The van der Waals surface area contributed by atoms with Crippen LogP contribution >= 0.6 is 0 Å². The zero-order valence-corrected chi connectivity index (χ0v) is 12.8. The number of nitrogens with zero attached hydrogens (tertiary/aromatic N) is 1. The zero-order chi connectivity index (χ0) is 15.4. The van der Waals surface area contributed by atoms with Crippen LogP contribution in [0.4, 0.5) is 4.39 Å². The van der Waals surface area contributed by atoms with Crippen molar-refractivity contribution in [2.24, 2.45) is 0 Å². The van der Waals surface area contributed by atoms with Crippen LogP contribution in [0.25, 0.3) is 0 Å². The Morgan fingerprint density at radius 3 is 2.14 bits per heavy atom. The average molecular weight is 301 g/mol. The molecule has 0 heterocycles. The molecule has 2 aromatic carbocycles. The van der Waals surface area contributed by atoms with Crippen molar-refractivity contribution in [3.05, 3.63) is 70.0 Å². The molecule has 0 fully saturated rings. The quantitative estimate of drug-likeness (QED) is 0.862. The fourth-order valence-electron chi connectivity index (χ4n) is 2.37. The molecule has 0 amide bonds. The third-order valence-corrected chi connectivity index (χ3v) is 4.33. The van der Waals surface area contributed by atoms with Crippen molar-refractivity contribution in [1.29, 1.82) is 5.26 Å². The molecular weight excluding hydrogens is 285 g/mol. The van der Waals surface area contributed by atoms with Crippen molar-refractivity contribution in [2.45, 2.75) is 25.4 Å². The van der Waals surface area contributed by atoms with Gasteiger partial charge in [0.15, 0.2) is 0 Å². The molecule has 2 nitrogen and oxygen atoms in total. The molecule has 0 aliphatic carbocycles. The lowest BCUT2D eigenvalue weighted by atomic mass is 10.1. The second kappa shape index (κ2) is 6.64. The Kier molecular flexibility index (Phi) is 4.87. The molecule has 4 heteroatoms. The largest absolute Gasteiger partial charge is 0.259 e. The molecule has 2 rings (SSSR count). The van der Waals surface area contributed by atoms with Crippen molar-refractivity contribution in [3.63, 3.8) is 0 Å². The summed E-state index contributed by atoms with van der Waals surface area (Å²) in [5.74, 6) is 0.216. The number of halogens is 1. The highest BCUT2D eigenvalue weighted by Gasteiger charge is 2.07. The molecule has 0 bridgehead atoms. The summed E-state index contributed by atoms with van der Waals surface area (Å²) < 4.78 is 25.6. The summed E-state index contributed by atoms with van der Waals surface area (Å²) in [7, 11) is -1.13. The predicted octanol–water partition coefficient (Wildman–Crippen LogP) is 3.76. The van der Waals surface area contributed by atoms with Crippen molar-refractivity contribution >= 4 is 10.8 Å². The maximum Gasteiger partial charge on any atom is 0.124 e. The summed E-state index contributed by atoms with van der Waals surface area (Å²) in [6.07, 6.45) is 0. The van der Waals surface area contributed by atoms with E-state index in [-0.39, 0.29) is 11.3 Å². The highest BCUT2D eigenvalue weighted by atomic mass is 32.2. The maximum atomic E-state index is 13.3. The summed E-state index contributed by atoms with van der Waals surface area (Å²) in [4.78, 5) is 0. The number of aryl methyl sites for hydroxylation is 2. The summed E-state index contributed by atoms with van der Waals surface area (Å²) in [5.41, 5.74) is 4.14. The van der Waals surface area contributed by atoms with Crippen molar-refractivity contribution in [2.75, 3.05) is 0 Å². The molecule has 2 aromatic rings. The molecule has 0 N–H and O–H groups in total. The Hall–Kier alpha value is -1.99. The molecule has 0 aromatic heterocycles. The fraction of sp³-hybridized carbons (Fsp3) is 0.235. The first-order valence-electron chi connectivity index (χ1n) is 6.58. The molecular formula is C17H16FNOS. The summed E-state index contributed by atoms with van der Waals surface area (Å²) >= 11 is 0. The molecule has 0 saturated heterocycles. The molecule has 21 heavy (non-hydrogen) atoms. The van der Waals surface area contributed by atoms with Crippen LogP contribution in [-0.4, -0.2) is 4.21 Å². The monoisotopic (exact) mass is 301 g/mol. The summed E-state index contributed by atoms with van der Waals surface area (Å²) in [6, 6.07) is 12.1. The number of hydrogen-bond acceptors (Lipinski definition) is 2. The van der Waals surface area contributed by atoms with Crippen LogP contribution in [-0.2, 0) is 22.3 Å². The van der Waals surface area contributed by atoms with E-state index in [1.54, 1.807) is 6.07 Å². The van der Waals surface area contributed by atoms with Crippen LogP contribution in [0.1, 0.15) is 27.8 Å². The number of benzene rings is 2. The van der Waals surface area contributed by atoms with Crippen molar-refractivity contribution in [3.8, 4) is 6.07 Å². The van der Waals surface area contributed by atoms with E-state index >= 15 is 0 Å². The highest BCUT2D eigenvalue weighted by molar-refractivity contribution is 7.83. The zero-order valence-electron chi connectivity index (χ0n) is 12.0. The Balaban J connectivity index is 2.11. The molecule has 0 saturated carbocycles. The van der Waals surface area contributed by atoms with Gasteiger partial charge < -0.3 is 0 Å². The molecule has 0 radical (unpaired) electrons. The van der Waals surface area contributed by atoms with E-state index in [0.717, 1.165) is 16.7 Å². The average Bonchev–Trinajstić information content (AvgIpc) is 2.36. The van der Waals surface area contributed by atoms with Crippen molar-refractivity contribution < 1.29 is 8.60 Å². The van der Waals surface area contributed by atoms with E-state index in [9.17, 15) is 8.60 Å². The van der Waals surface area contributed by atoms with Crippen molar-refractivity contribution in [1.82, 2.24) is 0 Å². The van der Waals surface area contributed by atoms with Gasteiger partial charge in [0.25, 0.3) is 0 Å². The standard InChI is InChI=1S/C17H16FNOS/c1-12-3-13(2)5-15(4-12)10-21(20)11-16-6-14(9-19)7-17(18)8-16/h3-8H,10-11H2,1-2H3. The highest BCUT2D eigenvalue weighted by Crippen LogP contribution is 2.15. The predicted molar refractivity (Wildman–Crippen MR) is 82.6 cm³/mol. The van der Waals surface area contributed by atoms with E-state index in [2.05, 4.69) is 6.07 Å². The fourth-order valence-corrected chi connectivity index (χ4v) is 3.55. The van der Waals surface area contributed by atoms with Gasteiger partial charge in [0.2, 0.25) is 0 Å². The van der Waals surface area contributed by atoms with Gasteiger partial charge in [-0.25, -0.2) is 4.39 Å². The van der Waals surface area contributed by atoms with Gasteiger partial charge in [-0.3, -0.25) is 4.21 Å². The third kappa shape index (κ3) is 4.51. The number of hydrogen-bond donors (Lipinski definition) is 0. The first-order valence-corrected chi connectivity index (χ1v) is 8.07. The Labute approximate surface area is 126 Å². The second-order valence-corrected chi connectivity index (χ2v) is 6.64. The van der Waals surface area contributed by atoms with Gasteiger partial charge in [0.1, 0.15) is 5.82 Å². The third-order valence-electron chi connectivity index (χ3n) is 3.02. The Morgan fingerprint density at radius 1 is 1.00 bits per heavy atom. The van der Waals surface area contributed by atoms with Crippen LogP contribution < -0.4 is 0 Å². The number of nitriles is 1. The van der Waals surface area contributed by atoms with E-state index < -0.39 is 16.6 Å². The van der Waals surface area contributed by atoms with Crippen LogP contribution in [0.15, 0.2) is 36.4 Å². The molecule has 0 aliphatic heterocycles. The van der Waals surface area contributed by atoms with Crippen LogP contribution in [0.5, 0.6) is 0 Å². The summed E-state index contributed by atoms with van der Waals surface area (Å²) in [6.45, 7) is 4.01. The summed E-state index contributed by atoms with van der Waals surface area (Å²) in [5, 5.41) is 8.82. The van der Waals surface area contributed by atoms with Gasteiger partial charge in [0, 0.05) is 22.3 Å². The Morgan fingerprint density at radius 2 is 1.57 bits per heavy atom. The normalized spacial score (nSPS) is 11.9. The van der Waals surface area contributed by atoms with Crippen LogP contribution in [0.2, 0.25) is 0 Å². The van der Waals surface area contributed by atoms with Gasteiger partial charge in [-0.15, -0.1) is 0 Å². The van der Waals surface area contributed by atoms with E-state index in [1.165, 1.54) is 12.1 Å². The minimum Gasteiger partial charge on any atom is -0.259 e.